The van der Waals surface area contributed by atoms with Crippen molar-refractivity contribution in [2.45, 2.75) is 26.6 Å². The Hall–Kier alpha value is -1.89. The number of amides is 1. The molecule has 1 aromatic heterocycles. The molecular formula is C14H13F3N2OS. The standard InChI is InChI=1S/C14H13F3N2OS/c1-8-5-3-4-6-10(8)7-18-12(20)11-9(2)19-13(21-11)14(15,16)17/h3-6H,7H2,1-2H3,(H,18,20). The van der Waals surface area contributed by atoms with Gasteiger partial charge in [0.1, 0.15) is 4.88 Å². The first kappa shape index (κ1) is 15.5. The monoisotopic (exact) mass is 314 g/mol. The highest BCUT2D eigenvalue weighted by atomic mass is 32.1. The molecule has 0 aliphatic carbocycles. The van der Waals surface area contributed by atoms with Crippen LogP contribution in [0.4, 0.5) is 13.2 Å². The van der Waals surface area contributed by atoms with Crippen LogP contribution in [0.5, 0.6) is 0 Å². The molecule has 0 radical (unpaired) electrons. The maximum Gasteiger partial charge on any atom is 0.443 e. The highest BCUT2D eigenvalue weighted by Gasteiger charge is 2.36. The van der Waals surface area contributed by atoms with Crippen LogP contribution in [0, 0.1) is 13.8 Å². The number of aryl methyl sites for hydroxylation is 2. The summed E-state index contributed by atoms with van der Waals surface area (Å²) in [5, 5.41) is 1.63. The lowest BCUT2D eigenvalue weighted by atomic mass is 10.1. The van der Waals surface area contributed by atoms with Gasteiger partial charge in [0.15, 0.2) is 5.01 Å². The fourth-order valence-electron chi connectivity index (χ4n) is 1.79. The van der Waals surface area contributed by atoms with Crippen molar-refractivity contribution in [2.75, 3.05) is 0 Å². The molecule has 2 aromatic rings. The van der Waals surface area contributed by atoms with Gasteiger partial charge in [0.25, 0.3) is 5.91 Å². The van der Waals surface area contributed by atoms with Crippen LogP contribution in [0.15, 0.2) is 24.3 Å². The third-order valence-corrected chi connectivity index (χ3v) is 4.15. The Bertz CT molecular complexity index is 664. The SMILES string of the molecule is Cc1ccccc1CNC(=O)c1sc(C(F)(F)F)nc1C. The number of hydrogen-bond donors (Lipinski definition) is 1. The van der Waals surface area contributed by atoms with Crippen LogP contribution in [0.1, 0.15) is 31.5 Å². The summed E-state index contributed by atoms with van der Waals surface area (Å²) in [6.45, 7) is 3.57. The minimum atomic E-state index is -4.52. The molecule has 112 valence electrons. The van der Waals surface area contributed by atoms with Crippen molar-refractivity contribution in [3.8, 4) is 0 Å². The summed E-state index contributed by atoms with van der Waals surface area (Å²) in [4.78, 5) is 15.4. The van der Waals surface area contributed by atoms with Gasteiger partial charge in [-0.2, -0.15) is 13.2 Å². The molecule has 2 rings (SSSR count). The van der Waals surface area contributed by atoms with Gasteiger partial charge in [-0.1, -0.05) is 24.3 Å². The predicted molar refractivity (Wildman–Crippen MR) is 74.2 cm³/mol. The summed E-state index contributed by atoms with van der Waals surface area (Å²) in [5.41, 5.74) is 2.02. The summed E-state index contributed by atoms with van der Waals surface area (Å²) in [7, 11) is 0. The van der Waals surface area contributed by atoms with Crippen LogP contribution in [0.2, 0.25) is 0 Å². The van der Waals surface area contributed by atoms with E-state index in [2.05, 4.69) is 10.3 Å². The molecule has 0 bridgehead atoms. The lowest BCUT2D eigenvalue weighted by Gasteiger charge is -2.07. The molecule has 1 N–H and O–H groups in total. The lowest BCUT2D eigenvalue weighted by Crippen LogP contribution is -2.23. The van der Waals surface area contributed by atoms with E-state index in [0.717, 1.165) is 11.1 Å². The maximum atomic E-state index is 12.6. The Labute approximate surface area is 123 Å². The van der Waals surface area contributed by atoms with Crippen LogP contribution in [-0.2, 0) is 12.7 Å². The van der Waals surface area contributed by atoms with Gasteiger partial charge < -0.3 is 5.32 Å². The van der Waals surface area contributed by atoms with Gasteiger partial charge in [-0.15, -0.1) is 11.3 Å². The van der Waals surface area contributed by atoms with Crippen molar-refractivity contribution < 1.29 is 18.0 Å². The summed E-state index contributed by atoms with van der Waals surface area (Å²) in [6.07, 6.45) is -4.52. The van der Waals surface area contributed by atoms with Crippen LogP contribution in [0.25, 0.3) is 0 Å². The van der Waals surface area contributed by atoms with Gasteiger partial charge >= 0.3 is 6.18 Å². The molecule has 0 saturated heterocycles. The summed E-state index contributed by atoms with van der Waals surface area (Å²) in [6, 6.07) is 7.48. The largest absolute Gasteiger partial charge is 0.443 e. The van der Waals surface area contributed by atoms with E-state index in [1.807, 2.05) is 31.2 Å². The fourth-order valence-corrected chi connectivity index (χ4v) is 2.64. The van der Waals surface area contributed by atoms with Gasteiger partial charge in [0.05, 0.1) is 5.69 Å². The molecule has 0 aliphatic heterocycles. The molecular weight excluding hydrogens is 301 g/mol. The van der Waals surface area contributed by atoms with E-state index in [-0.39, 0.29) is 17.1 Å². The molecule has 0 fully saturated rings. The molecule has 0 aliphatic rings. The zero-order chi connectivity index (χ0) is 15.6. The van der Waals surface area contributed by atoms with Crippen molar-refractivity contribution in [2.24, 2.45) is 0 Å². The Kier molecular flexibility index (Phi) is 4.32. The van der Waals surface area contributed by atoms with E-state index in [4.69, 9.17) is 0 Å². The van der Waals surface area contributed by atoms with Crippen molar-refractivity contribution in [3.63, 3.8) is 0 Å². The average Bonchev–Trinajstić information content (AvgIpc) is 2.80. The summed E-state index contributed by atoms with van der Waals surface area (Å²) >= 11 is 0.366. The number of rotatable bonds is 3. The van der Waals surface area contributed by atoms with Crippen LogP contribution in [-0.4, -0.2) is 10.9 Å². The van der Waals surface area contributed by atoms with Crippen molar-refractivity contribution in [1.29, 1.82) is 0 Å². The molecule has 1 heterocycles. The zero-order valence-electron chi connectivity index (χ0n) is 11.4. The van der Waals surface area contributed by atoms with Gasteiger partial charge in [0.2, 0.25) is 0 Å². The minimum absolute atomic E-state index is 0.00379. The van der Waals surface area contributed by atoms with Crippen LogP contribution in [0.3, 0.4) is 0 Å². The normalized spacial score (nSPS) is 11.5. The Morgan fingerprint density at radius 2 is 1.95 bits per heavy atom. The second-order valence-electron chi connectivity index (χ2n) is 4.54. The Morgan fingerprint density at radius 1 is 1.29 bits per heavy atom. The molecule has 0 spiro atoms. The van der Waals surface area contributed by atoms with E-state index in [9.17, 15) is 18.0 Å². The van der Waals surface area contributed by atoms with E-state index in [0.29, 0.717) is 11.3 Å². The number of aromatic nitrogens is 1. The van der Waals surface area contributed by atoms with E-state index >= 15 is 0 Å². The first-order valence-corrected chi connectivity index (χ1v) is 6.98. The molecule has 0 saturated carbocycles. The third-order valence-electron chi connectivity index (χ3n) is 2.95. The van der Waals surface area contributed by atoms with E-state index in [1.165, 1.54) is 6.92 Å². The van der Waals surface area contributed by atoms with Crippen LogP contribution >= 0.6 is 11.3 Å². The number of carbonyl (C=O) groups is 1. The third kappa shape index (κ3) is 3.60. The Morgan fingerprint density at radius 3 is 2.52 bits per heavy atom. The average molecular weight is 314 g/mol. The smallest absolute Gasteiger partial charge is 0.347 e. The quantitative estimate of drug-likeness (QED) is 0.938. The summed E-state index contributed by atoms with van der Waals surface area (Å²) < 4.78 is 37.7. The minimum Gasteiger partial charge on any atom is -0.347 e. The number of thiazole rings is 1. The van der Waals surface area contributed by atoms with Gasteiger partial charge in [-0.3, -0.25) is 4.79 Å². The zero-order valence-corrected chi connectivity index (χ0v) is 12.2. The molecule has 3 nitrogen and oxygen atoms in total. The first-order chi connectivity index (χ1) is 9.79. The number of alkyl halides is 3. The van der Waals surface area contributed by atoms with E-state index in [1.54, 1.807) is 0 Å². The van der Waals surface area contributed by atoms with E-state index < -0.39 is 17.1 Å². The molecule has 0 atom stereocenters. The second-order valence-corrected chi connectivity index (χ2v) is 5.54. The molecule has 1 aromatic carbocycles. The van der Waals surface area contributed by atoms with Gasteiger partial charge in [-0.05, 0) is 25.0 Å². The number of halogens is 3. The maximum absolute atomic E-state index is 12.6. The molecule has 1 amide bonds. The van der Waals surface area contributed by atoms with Crippen LogP contribution < -0.4 is 5.32 Å². The topological polar surface area (TPSA) is 42.0 Å². The van der Waals surface area contributed by atoms with Crippen molar-refractivity contribution in [3.05, 3.63) is 51.0 Å². The molecule has 0 unspecified atom stereocenters. The second kappa shape index (κ2) is 5.85. The number of nitrogens with one attached hydrogen (secondary N) is 1. The number of nitrogens with zero attached hydrogens (tertiary/aromatic N) is 1. The number of hydrogen-bond acceptors (Lipinski definition) is 3. The molecule has 21 heavy (non-hydrogen) atoms. The summed E-state index contributed by atoms with van der Waals surface area (Å²) in [5.74, 6) is -0.538. The number of carbonyl (C=O) groups excluding carboxylic acids is 1. The Balaban J connectivity index is 2.11. The highest BCUT2D eigenvalue weighted by molar-refractivity contribution is 7.13. The first-order valence-electron chi connectivity index (χ1n) is 6.16. The van der Waals surface area contributed by atoms with Crippen molar-refractivity contribution >= 4 is 17.2 Å². The fraction of sp³-hybridized carbons (Fsp3) is 0.286. The van der Waals surface area contributed by atoms with Gasteiger partial charge in [-0.25, -0.2) is 4.98 Å². The molecule has 7 heteroatoms. The van der Waals surface area contributed by atoms with Gasteiger partial charge in [0, 0.05) is 6.54 Å². The number of benzene rings is 1. The lowest BCUT2D eigenvalue weighted by molar-refractivity contribution is -0.137. The van der Waals surface area contributed by atoms with Crippen molar-refractivity contribution in [1.82, 2.24) is 10.3 Å². The predicted octanol–water partition coefficient (Wildman–Crippen LogP) is 3.71. The highest BCUT2D eigenvalue weighted by Crippen LogP contribution is 2.33.